The van der Waals surface area contributed by atoms with Gasteiger partial charge in [-0.2, -0.15) is 0 Å². The maximum Gasteiger partial charge on any atom is 0.273 e. The normalized spacial score (nSPS) is 11.9. The summed E-state index contributed by atoms with van der Waals surface area (Å²) in [6, 6.07) is 13.7. The zero-order valence-corrected chi connectivity index (χ0v) is 15.2. The summed E-state index contributed by atoms with van der Waals surface area (Å²) < 4.78 is 6.43. The van der Waals surface area contributed by atoms with Crippen molar-refractivity contribution in [2.45, 2.75) is 26.4 Å². The Hall–Kier alpha value is -3.35. The van der Waals surface area contributed by atoms with Crippen LogP contribution in [0.3, 0.4) is 0 Å². The summed E-state index contributed by atoms with van der Waals surface area (Å²) in [6.07, 6.45) is 0. The molecule has 0 saturated carbocycles. The Morgan fingerprint density at radius 1 is 1.11 bits per heavy atom. The molecule has 7 heteroatoms. The summed E-state index contributed by atoms with van der Waals surface area (Å²) in [7, 11) is 0. The molecule has 2 N–H and O–H groups in total. The average Bonchev–Trinajstić information content (AvgIpc) is 2.66. The van der Waals surface area contributed by atoms with Gasteiger partial charge < -0.3 is 10.1 Å². The summed E-state index contributed by atoms with van der Waals surface area (Å²) in [5, 5.41) is 5.88. The van der Waals surface area contributed by atoms with Crippen LogP contribution in [-0.4, -0.2) is 22.3 Å². The maximum absolute atomic E-state index is 12.5. The Kier molecular flexibility index (Phi) is 5.40. The van der Waals surface area contributed by atoms with E-state index in [1.165, 1.54) is 0 Å². The van der Waals surface area contributed by atoms with Gasteiger partial charge in [-0.1, -0.05) is 24.3 Å². The van der Waals surface area contributed by atoms with E-state index in [1.807, 2.05) is 38.1 Å². The molecule has 0 spiro atoms. The van der Waals surface area contributed by atoms with Crippen molar-refractivity contribution in [3.05, 3.63) is 74.8 Å². The van der Waals surface area contributed by atoms with Gasteiger partial charge in [0.2, 0.25) is 5.91 Å². The SMILES string of the molecule is CCOc1ccc([C@@H](C)NC(=O)Cn2[nH]c(=O)c3ccccc3c2=O)cc1. The van der Waals surface area contributed by atoms with Crippen molar-refractivity contribution in [2.75, 3.05) is 6.61 Å². The van der Waals surface area contributed by atoms with E-state index in [-0.39, 0.29) is 23.9 Å². The number of amides is 1. The highest BCUT2D eigenvalue weighted by Gasteiger charge is 2.13. The van der Waals surface area contributed by atoms with E-state index >= 15 is 0 Å². The van der Waals surface area contributed by atoms with Gasteiger partial charge in [0.05, 0.1) is 23.4 Å². The van der Waals surface area contributed by atoms with E-state index in [1.54, 1.807) is 24.3 Å². The monoisotopic (exact) mass is 367 g/mol. The molecule has 0 unspecified atom stereocenters. The van der Waals surface area contributed by atoms with Crippen LogP contribution < -0.4 is 21.2 Å². The molecule has 1 aromatic heterocycles. The number of nitrogens with one attached hydrogen (secondary N) is 2. The fraction of sp³-hybridized carbons (Fsp3) is 0.250. The number of hydrogen-bond donors (Lipinski definition) is 2. The molecule has 0 fully saturated rings. The van der Waals surface area contributed by atoms with E-state index in [9.17, 15) is 14.4 Å². The molecular weight excluding hydrogens is 346 g/mol. The molecular formula is C20H21N3O4. The number of nitrogens with zero attached hydrogens (tertiary/aromatic N) is 1. The van der Waals surface area contributed by atoms with Crippen molar-refractivity contribution in [2.24, 2.45) is 0 Å². The minimum absolute atomic E-state index is 0.254. The van der Waals surface area contributed by atoms with E-state index in [2.05, 4.69) is 10.4 Å². The lowest BCUT2D eigenvalue weighted by molar-refractivity contribution is -0.122. The largest absolute Gasteiger partial charge is 0.494 e. The number of H-pyrrole nitrogens is 1. The molecule has 0 aliphatic rings. The molecule has 3 rings (SSSR count). The molecule has 0 aliphatic carbocycles. The Morgan fingerprint density at radius 2 is 1.78 bits per heavy atom. The summed E-state index contributed by atoms with van der Waals surface area (Å²) in [5.74, 6) is 0.393. The molecule has 0 saturated heterocycles. The number of fused-ring (bicyclic) bond motifs is 1. The fourth-order valence-electron chi connectivity index (χ4n) is 2.89. The molecule has 1 heterocycles. The third-order valence-electron chi connectivity index (χ3n) is 4.25. The fourth-order valence-corrected chi connectivity index (χ4v) is 2.89. The number of hydrogen-bond acceptors (Lipinski definition) is 4. The molecule has 0 radical (unpaired) electrons. The molecule has 1 atom stereocenters. The number of aromatic amines is 1. The lowest BCUT2D eigenvalue weighted by atomic mass is 10.1. The minimum atomic E-state index is -0.408. The summed E-state index contributed by atoms with van der Waals surface area (Å²) in [5.41, 5.74) is 0.0952. The average molecular weight is 367 g/mol. The predicted octanol–water partition coefficient (Wildman–Crippen LogP) is 1.97. The van der Waals surface area contributed by atoms with Crippen molar-refractivity contribution in [1.29, 1.82) is 0 Å². The standard InChI is InChI=1S/C20H21N3O4/c1-3-27-15-10-8-14(9-11-15)13(2)21-18(24)12-23-20(26)17-7-5-4-6-16(17)19(25)22-23/h4-11,13H,3,12H2,1-2H3,(H,21,24)(H,22,25)/t13-/m1/s1. The van der Waals surface area contributed by atoms with Gasteiger partial charge in [-0.05, 0) is 43.7 Å². The predicted molar refractivity (Wildman–Crippen MR) is 103 cm³/mol. The van der Waals surface area contributed by atoms with Crippen LogP contribution >= 0.6 is 0 Å². The first-order chi connectivity index (χ1) is 13.0. The lowest BCUT2D eigenvalue weighted by Gasteiger charge is -2.15. The molecule has 2 aromatic carbocycles. The highest BCUT2D eigenvalue weighted by molar-refractivity contribution is 5.81. The highest BCUT2D eigenvalue weighted by atomic mass is 16.5. The van der Waals surface area contributed by atoms with Crippen molar-refractivity contribution < 1.29 is 9.53 Å². The number of rotatable bonds is 6. The Bertz CT molecular complexity index is 1070. The van der Waals surface area contributed by atoms with Crippen LogP contribution in [0.15, 0.2) is 58.1 Å². The Morgan fingerprint density at radius 3 is 2.44 bits per heavy atom. The van der Waals surface area contributed by atoms with E-state index in [0.717, 1.165) is 16.0 Å². The summed E-state index contributed by atoms with van der Waals surface area (Å²) >= 11 is 0. The van der Waals surface area contributed by atoms with Gasteiger partial charge in [-0.25, -0.2) is 4.68 Å². The molecule has 3 aromatic rings. The number of carbonyl (C=O) groups is 1. The van der Waals surface area contributed by atoms with Crippen LogP contribution in [0.4, 0.5) is 0 Å². The van der Waals surface area contributed by atoms with Gasteiger partial charge in [0, 0.05) is 0 Å². The van der Waals surface area contributed by atoms with Crippen LogP contribution in [-0.2, 0) is 11.3 Å². The second-order valence-electron chi connectivity index (χ2n) is 6.17. The third-order valence-corrected chi connectivity index (χ3v) is 4.25. The molecule has 140 valence electrons. The van der Waals surface area contributed by atoms with Crippen LogP contribution in [0.1, 0.15) is 25.5 Å². The second-order valence-corrected chi connectivity index (χ2v) is 6.17. The van der Waals surface area contributed by atoms with Gasteiger partial charge in [0.25, 0.3) is 11.1 Å². The van der Waals surface area contributed by atoms with Gasteiger partial charge in [0.15, 0.2) is 0 Å². The number of ether oxygens (including phenoxy) is 1. The molecule has 0 aliphatic heterocycles. The third kappa shape index (κ3) is 4.08. The van der Waals surface area contributed by atoms with Crippen LogP contribution in [0.25, 0.3) is 10.8 Å². The van der Waals surface area contributed by atoms with Gasteiger partial charge >= 0.3 is 0 Å². The smallest absolute Gasteiger partial charge is 0.273 e. The quantitative estimate of drug-likeness (QED) is 0.697. The molecule has 1 amide bonds. The van der Waals surface area contributed by atoms with Crippen LogP contribution in [0.2, 0.25) is 0 Å². The molecule has 7 nitrogen and oxygen atoms in total. The topological polar surface area (TPSA) is 93.2 Å². The highest BCUT2D eigenvalue weighted by Crippen LogP contribution is 2.17. The van der Waals surface area contributed by atoms with Gasteiger partial charge in [-0.3, -0.25) is 19.5 Å². The van der Waals surface area contributed by atoms with Crippen LogP contribution in [0.5, 0.6) is 5.75 Å². The lowest BCUT2D eigenvalue weighted by Crippen LogP contribution is -2.37. The van der Waals surface area contributed by atoms with Crippen molar-refractivity contribution in [1.82, 2.24) is 15.1 Å². The zero-order valence-electron chi connectivity index (χ0n) is 15.2. The molecule has 0 bridgehead atoms. The van der Waals surface area contributed by atoms with E-state index < -0.39 is 11.1 Å². The molecule has 27 heavy (non-hydrogen) atoms. The van der Waals surface area contributed by atoms with Gasteiger partial charge in [-0.15, -0.1) is 0 Å². The number of benzene rings is 2. The van der Waals surface area contributed by atoms with Crippen molar-refractivity contribution >= 4 is 16.7 Å². The summed E-state index contributed by atoms with van der Waals surface area (Å²) in [4.78, 5) is 36.9. The summed E-state index contributed by atoms with van der Waals surface area (Å²) in [6.45, 7) is 4.08. The first-order valence-corrected chi connectivity index (χ1v) is 8.73. The van der Waals surface area contributed by atoms with Crippen LogP contribution in [0, 0.1) is 0 Å². The maximum atomic E-state index is 12.5. The number of aromatic nitrogens is 2. The number of carbonyl (C=O) groups excluding carboxylic acids is 1. The Labute approximate surface area is 155 Å². The first kappa shape index (κ1) is 18.4. The zero-order chi connectivity index (χ0) is 19.4. The van der Waals surface area contributed by atoms with Crippen molar-refractivity contribution in [3.63, 3.8) is 0 Å². The minimum Gasteiger partial charge on any atom is -0.494 e. The second kappa shape index (κ2) is 7.90. The van der Waals surface area contributed by atoms with E-state index in [4.69, 9.17) is 4.74 Å². The first-order valence-electron chi connectivity index (χ1n) is 8.73. The Balaban J connectivity index is 1.74. The van der Waals surface area contributed by atoms with E-state index in [0.29, 0.717) is 12.0 Å². The van der Waals surface area contributed by atoms with Gasteiger partial charge in [0.1, 0.15) is 12.3 Å². The van der Waals surface area contributed by atoms with Crippen molar-refractivity contribution in [3.8, 4) is 5.75 Å².